The Morgan fingerprint density at radius 3 is 1.21 bits per heavy atom. The van der Waals surface area contributed by atoms with Gasteiger partial charge < -0.3 is 4.74 Å². The molecule has 0 unspecified atom stereocenters. The first-order chi connectivity index (χ1) is 28.2. The van der Waals surface area contributed by atoms with Crippen molar-refractivity contribution in [2.75, 3.05) is 0 Å². The second-order valence-corrected chi connectivity index (χ2v) is 13.1. The summed E-state index contributed by atoms with van der Waals surface area (Å²) in [6.45, 7) is 0. The molecule has 268 valence electrons. The Hall–Kier alpha value is -8.15. The fourth-order valence-electron chi connectivity index (χ4n) is 6.40. The van der Waals surface area contributed by atoms with Gasteiger partial charge in [0.05, 0.1) is 17.2 Å². The van der Waals surface area contributed by atoms with E-state index in [9.17, 15) is 5.26 Å². The molecule has 9 rings (SSSR count). The fraction of sp³-hybridized carbons (Fsp3) is 0. The van der Waals surface area contributed by atoms with Crippen molar-refractivity contribution in [1.29, 1.82) is 5.26 Å². The molecule has 2 aromatic heterocycles. The third kappa shape index (κ3) is 7.63. The van der Waals surface area contributed by atoms with E-state index in [1.165, 1.54) is 0 Å². The average Bonchev–Trinajstić information content (AvgIpc) is 3.30. The molecule has 8 nitrogen and oxygen atoms in total. The molecule has 0 saturated carbocycles. The first kappa shape index (κ1) is 34.6. The Labute approximate surface area is 329 Å². The highest BCUT2D eigenvalue weighted by Crippen LogP contribution is 2.35. The highest BCUT2D eigenvalue weighted by atomic mass is 16.5. The van der Waals surface area contributed by atoms with Crippen molar-refractivity contribution < 1.29 is 4.74 Å². The number of hydrogen-bond acceptors (Lipinski definition) is 8. The molecule has 0 N–H and O–H groups in total. The Morgan fingerprint density at radius 2 is 0.719 bits per heavy atom. The Bertz CT molecular complexity index is 2800. The number of ether oxygens (including phenoxy) is 1. The summed E-state index contributed by atoms with van der Waals surface area (Å²) in [6.07, 6.45) is 0. The van der Waals surface area contributed by atoms with E-state index in [1.54, 1.807) is 6.07 Å². The van der Waals surface area contributed by atoms with E-state index in [-0.39, 0.29) is 0 Å². The van der Waals surface area contributed by atoms with Gasteiger partial charge in [-0.3, -0.25) is 0 Å². The van der Waals surface area contributed by atoms with Crippen LogP contribution in [0.1, 0.15) is 5.56 Å². The van der Waals surface area contributed by atoms with Gasteiger partial charge in [-0.05, 0) is 59.7 Å². The van der Waals surface area contributed by atoms with Crippen LogP contribution < -0.4 is 4.74 Å². The van der Waals surface area contributed by atoms with Crippen LogP contribution in [0.5, 0.6) is 11.5 Å². The largest absolute Gasteiger partial charge is 0.457 e. The number of nitrogens with zero attached hydrogens (tertiary/aromatic N) is 7. The molecule has 2 heterocycles. The lowest BCUT2D eigenvalue weighted by Crippen LogP contribution is -2.01. The fourth-order valence-corrected chi connectivity index (χ4v) is 6.40. The maximum atomic E-state index is 9.39. The van der Waals surface area contributed by atoms with Gasteiger partial charge in [0.15, 0.2) is 34.9 Å². The van der Waals surface area contributed by atoms with Gasteiger partial charge in [-0.25, -0.2) is 29.9 Å². The Morgan fingerprint density at radius 1 is 0.333 bits per heavy atom. The Balaban J connectivity index is 1.05. The first-order valence-electron chi connectivity index (χ1n) is 18.3. The molecule has 9 aromatic rings. The minimum Gasteiger partial charge on any atom is -0.457 e. The second-order valence-electron chi connectivity index (χ2n) is 13.1. The van der Waals surface area contributed by atoms with Gasteiger partial charge in [-0.2, -0.15) is 5.26 Å². The maximum Gasteiger partial charge on any atom is 0.167 e. The minimum atomic E-state index is 0.476. The SMILES string of the molecule is N#Cc1cccc(-c2ccc(-c3nc(-c4ccccc4)nc(-c4ccccc4Oc4ccc(-c5nc(-c6ccccc6)nc(-c6ccccc6)n5)cc4)n3)cc2)c1. The van der Waals surface area contributed by atoms with Crippen LogP contribution in [0.2, 0.25) is 0 Å². The highest BCUT2D eigenvalue weighted by molar-refractivity contribution is 5.73. The van der Waals surface area contributed by atoms with E-state index in [0.29, 0.717) is 57.6 Å². The molecule has 0 aliphatic heterocycles. The number of benzene rings is 7. The van der Waals surface area contributed by atoms with Crippen LogP contribution in [0.25, 0.3) is 79.5 Å². The van der Waals surface area contributed by atoms with Crippen LogP contribution in [-0.4, -0.2) is 29.9 Å². The maximum absolute atomic E-state index is 9.39. The standard InChI is InChI=1S/C49H31N7O/c50-32-33-13-12-20-40(31-33)34-23-25-38(26-24-34)48-54-46(37-18-8-3-9-19-37)55-49(56-48)42-21-10-11-22-43(42)57-41-29-27-39(28-30-41)47-52-44(35-14-4-1-5-15-35)51-45(53-47)36-16-6-2-7-17-36/h1-31H. The van der Waals surface area contributed by atoms with Crippen molar-refractivity contribution in [3.05, 3.63) is 194 Å². The van der Waals surface area contributed by atoms with Crippen molar-refractivity contribution in [3.63, 3.8) is 0 Å². The van der Waals surface area contributed by atoms with Crippen molar-refractivity contribution in [2.45, 2.75) is 0 Å². The minimum absolute atomic E-state index is 0.476. The highest BCUT2D eigenvalue weighted by Gasteiger charge is 2.17. The van der Waals surface area contributed by atoms with E-state index in [1.807, 2.05) is 182 Å². The zero-order valence-electron chi connectivity index (χ0n) is 30.4. The summed E-state index contributed by atoms with van der Waals surface area (Å²) in [5.41, 5.74) is 7.61. The topological polar surface area (TPSA) is 110 Å². The quantitative estimate of drug-likeness (QED) is 0.144. The van der Waals surface area contributed by atoms with Crippen LogP contribution in [0, 0.1) is 11.3 Å². The lowest BCUT2D eigenvalue weighted by atomic mass is 10.0. The molecule has 8 heteroatoms. The monoisotopic (exact) mass is 733 g/mol. The van der Waals surface area contributed by atoms with Gasteiger partial charge in [0.1, 0.15) is 11.5 Å². The molecule has 0 amide bonds. The van der Waals surface area contributed by atoms with Crippen LogP contribution in [0.15, 0.2) is 188 Å². The number of aromatic nitrogens is 6. The first-order valence-corrected chi connectivity index (χ1v) is 18.3. The molecule has 0 aliphatic rings. The van der Waals surface area contributed by atoms with E-state index in [2.05, 4.69) is 6.07 Å². The van der Waals surface area contributed by atoms with Crippen molar-refractivity contribution in [1.82, 2.24) is 29.9 Å². The zero-order chi connectivity index (χ0) is 38.4. The molecular weight excluding hydrogens is 703 g/mol. The summed E-state index contributed by atoms with van der Waals surface area (Å²) in [5.74, 6) is 4.52. The second kappa shape index (κ2) is 15.7. The summed E-state index contributed by atoms with van der Waals surface area (Å²) in [5, 5.41) is 9.39. The predicted molar refractivity (Wildman–Crippen MR) is 222 cm³/mol. The molecule has 0 radical (unpaired) electrons. The van der Waals surface area contributed by atoms with Crippen LogP contribution in [0.4, 0.5) is 0 Å². The van der Waals surface area contributed by atoms with Crippen molar-refractivity contribution in [2.24, 2.45) is 0 Å². The summed E-state index contributed by atoms with van der Waals surface area (Å²) < 4.78 is 6.54. The van der Waals surface area contributed by atoms with Gasteiger partial charge >= 0.3 is 0 Å². The molecule has 0 spiro atoms. The van der Waals surface area contributed by atoms with Gasteiger partial charge in [-0.15, -0.1) is 0 Å². The third-order valence-electron chi connectivity index (χ3n) is 9.30. The van der Waals surface area contributed by atoms with E-state index < -0.39 is 0 Å². The summed E-state index contributed by atoms with van der Waals surface area (Å²) in [7, 11) is 0. The van der Waals surface area contributed by atoms with E-state index in [4.69, 9.17) is 34.6 Å². The number of para-hydroxylation sites is 1. The van der Waals surface area contributed by atoms with E-state index >= 15 is 0 Å². The van der Waals surface area contributed by atoms with Gasteiger partial charge in [0, 0.05) is 27.8 Å². The number of nitriles is 1. The van der Waals surface area contributed by atoms with Gasteiger partial charge in [0.2, 0.25) is 0 Å². The molecule has 0 aliphatic carbocycles. The van der Waals surface area contributed by atoms with Crippen LogP contribution in [-0.2, 0) is 0 Å². The molecule has 0 saturated heterocycles. The summed E-state index contributed by atoms with van der Waals surface area (Å²) in [6, 6.07) is 62.9. The lowest BCUT2D eigenvalue weighted by molar-refractivity contribution is 0.484. The summed E-state index contributed by atoms with van der Waals surface area (Å²) in [4.78, 5) is 29.4. The average molecular weight is 734 g/mol. The zero-order valence-corrected chi connectivity index (χ0v) is 30.4. The lowest BCUT2D eigenvalue weighted by Gasteiger charge is -2.13. The van der Waals surface area contributed by atoms with Crippen molar-refractivity contribution in [3.8, 4) is 97.0 Å². The molecule has 0 atom stereocenters. The van der Waals surface area contributed by atoms with E-state index in [0.717, 1.165) is 38.9 Å². The molecule has 7 aromatic carbocycles. The third-order valence-corrected chi connectivity index (χ3v) is 9.30. The number of hydrogen-bond donors (Lipinski definition) is 0. The molecule has 57 heavy (non-hydrogen) atoms. The Kier molecular flexibility index (Phi) is 9.52. The van der Waals surface area contributed by atoms with Gasteiger partial charge in [0.25, 0.3) is 0 Å². The molecular formula is C49H31N7O. The molecule has 0 bridgehead atoms. The van der Waals surface area contributed by atoms with Crippen molar-refractivity contribution >= 4 is 0 Å². The normalized spacial score (nSPS) is 10.8. The smallest absolute Gasteiger partial charge is 0.167 e. The summed E-state index contributed by atoms with van der Waals surface area (Å²) >= 11 is 0. The predicted octanol–water partition coefficient (Wildman–Crippen LogP) is 11.4. The van der Waals surface area contributed by atoms with Crippen LogP contribution >= 0.6 is 0 Å². The number of rotatable bonds is 9. The molecule has 0 fully saturated rings. The van der Waals surface area contributed by atoms with Crippen LogP contribution in [0.3, 0.4) is 0 Å². The van der Waals surface area contributed by atoms with Gasteiger partial charge in [-0.1, -0.05) is 140 Å².